The molecule has 7 rings (SSSR count). The molecule has 0 spiro atoms. The minimum absolute atomic E-state index is 0.230. The van der Waals surface area contributed by atoms with Crippen molar-refractivity contribution in [3.8, 4) is 33.4 Å². The summed E-state index contributed by atoms with van der Waals surface area (Å²) in [4.78, 5) is 4.83. The number of allylic oxidation sites excluding steroid dienone is 6. The van der Waals surface area contributed by atoms with E-state index in [9.17, 15) is 0 Å². The molecular weight excluding hydrogens is 518 g/mol. The Kier molecular flexibility index (Phi) is 7.25. The van der Waals surface area contributed by atoms with Crippen LogP contribution < -0.4 is 0 Å². The highest BCUT2D eigenvalue weighted by Gasteiger charge is 2.55. The van der Waals surface area contributed by atoms with E-state index in [1.165, 1.54) is 56.5 Å². The Morgan fingerprint density at radius 2 is 1.21 bits per heavy atom. The predicted molar refractivity (Wildman–Crippen MR) is 182 cm³/mol. The summed E-state index contributed by atoms with van der Waals surface area (Å²) in [5, 5.41) is 0. The second-order valence-corrected chi connectivity index (χ2v) is 12.1. The zero-order chi connectivity index (χ0) is 29.2. The van der Waals surface area contributed by atoms with Gasteiger partial charge in [-0.2, -0.15) is 0 Å². The van der Waals surface area contributed by atoms with Crippen molar-refractivity contribution in [3.05, 3.63) is 163 Å². The van der Waals surface area contributed by atoms with Gasteiger partial charge in [0.1, 0.15) is 0 Å². The van der Waals surface area contributed by atoms with Gasteiger partial charge in [0.25, 0.3) is 0 Å². The molecule has 1 heteroatoms. The summed E-state index contributed by atoms with van der Waals surface area (Å²) < 4.78 is 0. The molecule has 2 aliphatic rings. The van der Waals surface area contributed by atoms with Crippen molar-refractivity contribution < 1.29 is 0 Å². The molecule has 0 aliphatic heterocycles. The fraction of sp³-hybridized carbons (Fsp3) is 0.167. The lowest BCUT2D eigenvalue weighted by Crippen LogP contribution is -2.20. The van der Waals surface area contributed by atoms with Crippen molar-refractivity contribution in [2.45, 2.75) is 26.7 Å². The van der Waals surface area contributed by atoms with Crippen LogP contribution in [0.3, 0.4) is 0 Å². The molecule has 3 unspecified atom stereocenters. The number of pyridine rings is 1. The molecule has 43 heavy (non-hydrogen) atoms. The molecule has 1 nitrogen and oxygen atoms in total. The smallest absolute Gasteiger partial charge is 0.0665 e. The maximum absolute atomic E-state index is 4.83. The highest BCUT2D eigenvalue weighted by atomic mass is 14.7. The van der Waals surface area contributed by atoms with E-state index in [-0.39, 0.29) is 5.41 Å². The van der Waals surface area contributed by atoms with Gasteiger partial charge in [-0.05, 0) is 130 Å². The Hall–Kier alpha value is -4.75. The van der Waals surface area contributed by atoms with Crippen LogP contribution in [0.4, 0.5) is 0 Å². The maximum atomic E-state index is 4.83. The summed E-state index contributed by atoms with van der Waals surface area (Å²) >= 11 is 0. The monoisotopic (exact) mass is 555 g/mol. The fourth-order valence-electron chi connectivity index (χ4n) is 7.08. The molecule has 2 aliphatic carbocycles. The van der Waals surface area contributed by atoms with Crippen LogP contribution in [-0.2, 0) is 0 Å². The predicted octanol–water partition coefficient (Wildman–Crippen LogP) is 11.2. The molecule has 1 fully saturated rings. The van der Waals surface area contributed by atoms with Crippen molar-refractivity contribution in [1.29, 1.82) is 0 Å². The molecule has 0 N–H and O–H groups in total. The summed E-state index contributed by atoms with van der Waals surface area (Å²) in [5.74, 6) is 1.13. The van der Waals surface area contributed by atoms with Crippen LogP contribution in [-0.4, -0.2) is 4.98 Å². The van der Waals surface area contributed by atoms with Crippen LogP contribution in [0, 0.1) is 17.3 Å². The lowest BCUT2D eigenvalue weighted by Gasteiger charge is -2.31. The van der Waals surface area contributed by atoms with Crippen molar-refractivity contribution in [2.24, 2.45) is 17.3 Å². The molecule has 4 aromatic carbocycles. The van der Waals surface area contributed by atoms with Gasteiger partial charge in [0.15, 0.2) is 0 Å². The molecular formula is C42H37N. The average Bonchev–Trinajstić information content (AvgIpc) is 3.74. The molecule has 5 aromatic rings. The van der Waals surface area contributed by atoms with Gasteiger partial charge in [0.05, 0.1) is 5.69 Å². The van der Waals surface area contributed by atoms with E-state index in [2.05, 4.69) is 153 Å². The number of hydrogen-bond donors (Lipinski definition) is 0. The van der Waals surface area contributed by atoms with E-state index in [4.69, 9.17) is 4.98 Å². The zero-order valence-corrected chi connectivity index (χ0v) is 24.9. The summed E-state index contributed by atoms with van der Waals surface area (Å²) in [7, 11) is 0. The van der Waals surface area contributed by atoms with Gasteiger partial charge >= 0.3 is 0 Å². The summed E-state index contributed by atoms with van der Waals surface area (Å²) in [6.07, 6.45) is 13.8. The van der Waals surface area contributed by atoms with Gasteiger partial charge in [-0.1, -0.05) is 110 Å². The number of nitrogens with zero attached hydrogens (tertiary/aromatic N) is 1. The molecule has 1 heterocycles. The fourth-order valence-corrected chi connectivity index (χ4v) is 7.08. The number of benzene rings is 4. The SMILES string of the molecule is CC=CC1(C2CC=C(c3cccc(-c4cc(-c5ccccc5)cc(-c5ccccc5)c4)c3)C=C2c2ccccn2)CC1C. The van der Waals surface area contributed by atoms with E-state index in [0.717, 1.165) is 12.1 Å². The topological polar surface area (TPSA) is 12.9 Å². The number of rotatable bonds is 7. The Balaban J connectivity index is 1.30. The van der Waals surface area contributed by atoms with Gasteiger partial charge in [0, 0.05) is 6.20 Å². The first kappa shape index (κ1) is 27.1. The Morgan fingerprint density at radius 3 is 1.79 bits per heavy atom. The molecule has 1 saturated carbocycles. The number of aromatic nitrogens is 1. The summed E-state index contributed by atoms with van der Waals surface area (Å²) in [6, 6.07) is 43.7. The second-order valence-electron chi connectivity index (χ2n) is 12.1. The van der Waals surface area contributed by atoms with Crippen LogP contribution in [0.1, 0.15) is 37.9 Å². The average molecular weight is 556 g/mol. The molecule has 0 amide bonds. The van der Waals surface area contributed by atoms with Crippen LogP contribution in [0.15, 0.2) is 152 Å². The van der Waals surface area contributed by atoms with Gasteiger partial charge in [0.2, 0.25) is 0 Å². The largest absolute Gasteiger partial charge is 0.257 e. The lowest BCUT2D eigenvalue weighted by atomic mass is 9.73. The highest BCUT2D eigenvalue weighted by molar-refractivity contribution is 5.88. The third-order valence-corrected chi connectivity index (χ3v) is 9.44. The summed E-state index contributed by atoms with van der Waals surface area (Å²) in [6.45, 7) is 4.55. The van der Waals surface area contributed by atoms with Crippen LogP contribution >= 0.6 is 0 Å². The standard InChI is InChI=1S/C42H37N/c1-3-22-42(29-30(42)2)40-21-20-35(28-39(40)41-19-10-11-23-43-41)33-17-12-18-34(24-33)38-26-36(31-13-6-4-7-14-31)25-37(27-38)32-15-8-5-9-16-32/h3-20,22-28,30,40H,21,29H2,1-2H3. The zero-order valence-electron chi connectivity index (χ0n) is 24.9. The molecule has 0 bridgehead atoms. The van der Waals surface area contributed by atoms with Crippen LogP contribution in [0.25, 0.3) is 44.5 Å². The van der Waals surface area contributed by atoms with Gasteiger partial charge in [-0.25, -0.2) is 0 Å². The van der Waals surface area contributed by atoms with Crippen molar-refractivity contribution >= 4 is 11.1 Å². The van der Waals surface area contributed by atoms with Crippen molar-refractivity contribution in [3.63, 3.8) is 0 Å². The second kappa shape index (κ2) is 11.5. The molecule has 0 radical (unpaired) electrons. The van der Waals surface area contributed by atoms with E-state index in [0.29, 0.717) is 11.8 Å². The molecule has 210 valence electrons. The molecule has 1 aromatic heterocycles. The maximum Gasteiger partial charge on any atom is 0.0665 e. The highest BCUT2D eigenvalue weighted by Crippen LogP contribution is 2.63. The van der Waals surface area contributed by atoms with Gasteiger partial charge in [-0.15, -0.1) is 0 Å². The number of hydrogen-bond acceptors (Lipinski definition) is 1. The van der Waals surface area contributed by atoms with Gasteiger partial charge in [-0.3, -0.25) is 4.98 Å². The lowest BCUT2D eigenvalue weighted by molar-refractivity contribution is 0.438. The minimum Gasteiger partial charge on any atom is -0.257 e. The Bertz CT molecular complexity index is 1770. The first-order chi connectivity index (χ1) is 21.1. The van der Waals surface area contributed by atoms with Crippen LogP contribution in [0.2, 0.25) is 0 Å². The Labute approximate surface area is 256 Å². The minimum atomic E-state index is 0.230. The third-order valence-electron chi connectivity index (χ3n) is 9.44. The quantitative estimate of drug-likeness (QED) is 0.182. The van der Waals surface area contributed by atoms with E-state index in [1.54, 1.807) is 0 Å². The molecule has 0 saturated heterocycles. The van der Waals surface area contributed by atoms with Crippen molar-refractivity contribution in [1.82, 2.24) is 4.98 Å². The Morgan fingerprint density at radius 1 is 0.651 bits per heavy atom. The molecule has 3 atom stereocenters. The van der Waals surface area contributed by atoms with E-state index < -0.39 is 0 Å². The van der Waals surface area contributed by atoms with Gasteiger partial charge < -0.3 is 0 Å². The third kappa shape index (κ3) is 5.32. The van der Waals surface area contributed by atoms with E-state index >= 15 is 0 Å². The normalized spacial score (nSPS) is 21.3. The van der Waals surface area contributed by atoms with Crippen LogP contribution in [0.5, 0.6) is 0 Å². The summed E-state index contributed by atoms with van der Waals surface area (Å²) in [5.41, 5.74) is 12.6. The van der Waals surface area contributed by atoms with E-state index in [1.807, 2.05) is 12.3 Å². The first-order valence-corrected chi connectivity index (χ1v) is 15.5. The first-order valence-electron chi connectivity index (χ1n) is 15.5. The van der Waals surface area contributed by atoms with Crippen molar-refractivity contribution in [2.75, 3.05) is 0 Å².